The van der Waals surface area contributed by atoms with Crippen LogP contribution in [0.5, 0.6) is 17.2 Å². The zero-order valence-corrected chi connectivity index (χ0v) is 19.5. The molecule has 2 aromatic rings. The van der Waals surface area contributed by atoms with E-state index in [-0.39, 0.29) is 10.1 Å². The maximum atomic E-state index is 5.90. The lowest BCUT2D eigenvalue weighted by Crippen LogP contribution is -2.25. The maximum Gasteiger partial charge on any atom is 0.129 e. The van der Waals surface area contributed by atoms with Gasteiger partial charge in [0.25, 0.3) is 0 Å². The lowest BCUT2D eigenvalue weighted by atomic mass is 10.2. The zero-order chi connectivity index (χ0) is 22.1. The number of hydrogen-bond donors (Lipinski definition) is 0. The first kappa shape index (κ1) is 23.9. The van der Waals surface area contributed by atoms with E-state index in [1.807, 2.05) is 83.3 Å². The highest BCUT2D eigenvalue weighted by Gasteiger charge is 2.11. The molecular weight excluding hydrogens is 423 g/mol. The van der Waals surface area contributed by atoms with E-state index >= 15 is 0 Å². The fourth-order valence-corrected chi connectivity index (χ4v) is 2.51. The molecule has 0 aliphatic carbocycles. The molecule has 0 fully saturated rings. The van der Waals surface area contributed by atoms with Crippen LogP contribution in [0.4, 0.5) is 5.69 Å². The van der Waals surface area contributed by atoms with Crippen molar-refractivity contribution in [3.63, 3.8) is 0 Å². The second-order valence-corrected chi connectivity index (χ2v) is 8.77. The third kappa shape index (κ3) is 8.97. The SMILES string of the molecule is CC(CN(C)c1ccc(Oc2ccc(OCC=C(Cl)Cl)cc2)cc1)=NOC(C)(C)C. The van der Waals surface area contributed by atoms with Crippen molar-refractivity contribution in [3.05, 3.63) is 59.1 Å². The van der Waals surface area contributed by atoms with E-state index < -0.39 is 0 Å². The molecule has 0 atom stereocenters. The van der Waals surface area contributed by atoms with Crippen molar-refractivity contribution in [1.82, 2.24) is 0 Å². The first-order chi connectivity index (χ1) is 14.1. The van der Waals surface area contributed by atoms with Crippen LogP contribution in [0.25, 0.3) is 0 Å². The first-order valence-corrected chi connectivity index (χ1v) is 10.3. The molecule has 2 rings (SSSR count). The maximum absolute atomic E-state index is 5.90. The summed E-state index contributed by atoms with van der Waals surface area (Å²) < 4.78 is 11.6. The van der Waals surface area contributed by atoms with Crippen LogP contribution in [0.3, 0.4) is 0 Å². The average Bonchev–Trinajstić information content (AvgIpc) is 2.67. The van der Waals surface area contributed by atoms with Crippen LogP contribution < -0.4 is 14.4 Å². The van der Waals surface area contributed by atoms with Gasteiger partial charge in [0.15, 0.2) is 0 Å². The van der Waals surface area contributed by atoms with Gasteiger partial charge in [-0.3, -0.25) is 0 Å². The fraction of sp³-hybridized carbons (Fsp3) is 0.348. The average molecular weight is 451 g/mol. The molecule has 7 heteroatoms. The Labute approximate surface area is 188 Å². The molecule has 0 aromatic heterocycles. The summed E-state index contributed by atoms with van der Waals surface area (Å²) in [6, 6.07) is 15.2. The summed E-state index contributed by atoms with van der Waals surface area (Å²) in [5.41, 5.74) is 1.67. The Morgan fingerprint density at radius 1 is 0.967 bits per heavy atom. The van der Waals surface area contributed by atoms with Crippen LogP contribution in [-0.4, -0.2) is 31.5 Å². The highest BCUT2D eigenvalue weighted by molar-refractivity contribution is 6.55. The highest BCUT2D eigenvalue weighted by Crippen LogP contribution is 2.26. The van der Waals surface area contributed by atoms with E-state index in [0.29, 0.717) is 18.9 Å². The van der Waals surface area contributed by atoms with Crippen molar-refractivity contribution in [2.75, 3.05) is 25.1 Å². The van der Waals surface area contributed by atoms with Crippen LogP contribution >= 0.6 is 23.2 Å². The van der Waals surface area contributed by atoms with Gasteiger partial charge in [-0.15, -0.1) is 0 Å². The summed E-state index contributed by atoms with van der Waals surface area (Å²) in [5.74, 6) is 2.17. The summed E-state index contributed by atoms with van der Waals surface area (Å²) in [6.45, 7) is 8.85. The van der Waals surface area contributed by atoms with Gasteiger partial charge in [-0.1, -0.05) is 28.4 Å². The third-order valence-electron chi connectivity index (χ3n) is 3.77. The minimum Gasteiger partial charge on any atom is -0.489 e. The van der Waals surface area contributed by atoms with Gasteiger partial charge >= 0.3 is 0 Å². The van der Waals surface area contributed by atoms with E-state index in [2.05, 4.69) is 10.1 Å². The summed E-state index contributed by atoms with van der Waals surface area (Å²) >= 11 is 11.1. The minimum absolute atomic E-state index is 0.185. The molecule has 2 aromatic carbocycles. The second kappa shape index (κ2) is 11.1. The summed E-state index contributed by atoms with van der Waals surface area (Å²) in [5, 5.41) is 4.19. The monoisotopic (exact) mass is 450 g/mol. The minimum atomic E-state index is -0.294. The summed E-state index contributed by atoms with van der Waals surface area (Å²) in [4.78, 5) is 7.57. The molecule has 0 heterocycles. The quantitative estimate of drug-likeness (QED) is 0.311. The van der Waals surface area contributed by atoms with Crippen LogP contribution in [0, 0.1) is 0 Å². The van der Waals surface area contributed by atoms with Crippen LogP contribution in [-0.2, 0) is 4.84 Å². The molecule has 0 aliphatic heterocycles. The number of benzene rings is 2. The van der Waals surface area contributed by atoms with E-state index in [4.69, 9.17) is 37.5 Å². The summed E-state index contributed by atoms with van der Waals surface area (Å²) in [7, 11) is 2.01. The van der Waals surface area contributed by atoms with Gasteiger partial charge in [0.1, 0.15) is 33.9 Å². The van der Waals surface area contributed by atoms with Crippen molar-refractivity contribution in [1.29, 1.82) is 0 Å². The number of rotatable bonds is 9. The van der Waals surface area contributed by atoms with E-state index in [1.54, 1.807) is 6.08 Å². The molecular formula is C23H28Cl2N2O3. The Kier molecular flexibility index (Phi) is 8.88. The number of oxime groups is 1. The van der Waals surface area contributed by atoms with Crippen LogP contribution in [0.2, 0.25) is 0 Å². The standard InChI is InChI=1S/C23H28Cl2N2O3/c1-17(26-30-23(2,3)4)16-27(5)18-6-8-20(9-7-18)29-21-12-10-19(11-13-21)28-15-14-22(24)25/h6-14H,15-16H2,1-5H3. The van der Waals surface area contributed by atoms with Crippen molar-refractivity contribution < 1.29 is 14.3 Å². The van der Waals surface area contributed by atoms with Crippen molar-refractivity contribution in [3.8, 4) is 17.2 Å². The molecule has 5 nitrogen and oxygen atoms in total. The van der Waals surface area contributed by atoms with E-state index in [0.717, 1.165) is 22.9 Å². The number of halogens is 2. The smallest absolute Gasteiger partial charge is 0.129 e. The predicted octanol–water partition coefficient (Wildman–Crippen LogP) is 6.80. The molecule has 0 amide bonds. The zero-order valence-electron chi connectivity index (χ0n) is 18.0. The van der Waals surface area contributed by atoms with Crippen LogP contribution in [0.15, 0.2) is 64.3 Å². The van der Waals surface area contributed by atoms with Gasteiger partial charge in [-0.05, 0) is 82.3 Å². The Bertz CT molecular complexity index is 854. The number of anilines is 1. The molecule has 0 radical (unpaired) electrons. The molecule has 0 saturated heterocycles. The Morgan fingerprint density at radius 2 is 1.50 bits per heavy atom. The van der Waals surface area contributed by atoms with E-state index in [1.165, 1.54) is 0 Å². The van der Waals surface area contributed by atoms with E-state index in [9.17, 15) is 0 Å². The molecule has 0 spiro atoms. The van der Waals surface area contributed by atoms with Gasteiger partial charge in [0.05, 0.1) is 12.3 Å². The third-order valence-corrected chi connectivity index (χ3v) is 4.07. The lowest BCUT2D eigenvalue weighted by Gasteiger charge is -2.21. The normalized spacial score (nSPS) is 11.6. The largest absolute Gasteiger partial charge is 0.489 e. The molecule has 0 saturated carbocycles. The molecule has 0 N–H and O–H groups in total. The molecule has 0 unspecified atom stereocenters. The molecule has 162 valence electrons. The topological polar surface area (TPSA) is 43.3 Å². The van der Waals surface area contributed by atoms with Gasteiger partial charge < -0.3 is 19.2 Å². The number of ether oxygens (including phenoxy) is 2. The van der Waals surface area contributed by atoms with Gasteiger partial charge in [-0.2, -0.15) is 0 Å². The van der Waals surface area contributed by atoms with Crippen molar-refractivity contribution >= 4 is 34.6 Å². The van der Waals surface area contributed by atoms with Crippen molar-refractivity contribution in [2.45, 2.75) is 33.3 Å². The van der Waals surface area contributed by atoms with Gasteiger partial charge in [0.2, 0.25) is 0 Å². The molecule has 0 aliphatic rings. The van der Waals surface area contributed by atoms with Gasteiger partial charge in [0, 0.05) is 12.7 Å². The number of nitrogens with zero attached hydrogens (tertiary/aromatic N) is 2. The second-order valence-electron chi connectivity index (χ2n) is 7.76. The van der Waals surface area contributed by atoms with Gasteiger partial charge in [-0.25, -0.2) is 0 Å². The summed E-state index contributed by atoms with van der Waals surface area (Å²) in [6.07, 6.45) is 1.58. The first-order valence-electron chi connectivity index (χ1n) is 9.57. The Hall–Kier alpha value is -2.37. The number of hydrogen-bond acceptors (Lipinski definition) is 5. The highest BCUT2D eigenvalue weighted by atomic mass is 35.5. The molecule has 30 heavy (non-hydrogen) atoms. The lowest BCUT2D eigenvalue weighted by molar-refractivity contribution is 0.000627. The Balaban J connectivity index is 1.90. The van der Waals surface area contributed by atoms with Crippen molar-refractivity contribution in [2.24, 2.45) is 5.16 Å². The van der Waals surface area contributed by atoms with Crippen LogP contribution in [0.1, 0.15) is 27.7 Å². The fourth-order valence-electron chi connectivity index (χ4n) is 2.39. The Morgan fingerprint density at radius 3 is 2.03 bits per heavy atom. The molecule has 0 bridgehead atoms. The predicted molar refractivity (Wildman–Crippen MR) is 125 cm³/mol.